The van der Waals surface area contributed by atoms with Crippen molar-refractivity contribution in [3.63, 3.8) is 0 Å². The molecule has 0 aromatic carbocycles. The van der Waals surface area contributed by atoms with Crippen molar-refractivity contribution >= 4 is 11.9 Å². The van der Waals surface area contributed by atoms with Gasteiger partial charge in [0.1, 0.15) is 0 Å². The molecule has 1 rings (SSSR count). The Morgan fingerprint density at radius 1 is 1.30 bits per heavy atom. The molecule has 1 fully saturated rings. The predicted octanol–water partition coefficient (Wildman–Crippen LogP) is 1.73. The van der Waals surface area contributed by atoms with Gasteiger partial charge < -0.3 is 15.3 Å². The van der Waals surface area contributed by atoms with Gasteiger partial charge in [-0.05, 0) is 38.3 Å². The fraction of sp³-hybridized carbons (Fsp3) is 0.867. The Bertz CT molecular complexity index is 340. The van der Waals surface area contributed by atoms with Gasteiger partial charge in [0, 0.05) is 19.5 Å². The molecule has 1 amide bonds. The Morgan fingerprint density at radius 2 is 1.95 bits per heavy atom. The Balaban J connectivity index is 2.41. The van der Waals surface area contributed by atoms with Crippen molar-refractivity contribution in [1.29, 1.82) is 0 Å². The van der Waals surface area contributed by atoms with Crippen LogP contribution in [0.1, 0.15) is 46.5 Å². The van der Waals surface area contributed by atoms with Crippen LogP contribution >= 0.6 is 0 Å². The third-order valence-corrected chi connectivity index (χ3v) is 4.71. The summed E-state index contributed by atoms with van der Waals surface area (Å²) in [5.74, 6) is -0.497. The molecule has 1 aliphatic heterocycles. The van der Waals surface area contributed by atoms with E-state index in [-0.39, 0.29) is 12.3 Å². The maximum absolute atomic E-state index is 12.0. The van der Waals surface area contributed by atoms with E-state index in [1.165, 1.54) is 0 Å². The van der Waals surface area contributed by atoms with Crippen LogP contribution in [0.2, 0.25) is 0 Å². The first-order valence-electron chi connectivity index (χ1n) is 7.69. The molecule has 116 valence electrons. The summed E-state index contributed by atoms with van der Waals surface area (Å²) in [4.78, 5) is 25.7. The van der Waals surface area contributed by atoms with Gasteiger partial charge in [0.25, 0.3) is 0 Å². The quantitative estimate of drug-likeness (QED) is 0.712. The molecule has 1 atom stereocenters. The zero-order chi connectivity index (χ0) is 15.2. The maximum Gasteiger partial charge on any atom is 0.310 e. The number of carboxylic acids is 1. The first-order chi connectivity index (χ1) is 9.47. The minimum atomic E-state index is -0.908. The lowest BCUT2D eigenvalue weighted by Crippen LogP contribution is -2.38. The van der Waals surface area contributed by atoms with Gasteiger partial charge in [-0.3, -0.25) is 9.59 Å². The molecule has 0 bridgehead atoms. The molecule has 5 heteroatoms. The van der Waals surface area contributed by atoms with Crippen molar-refractivity contribution in [3.8, 4) is 0 Å². The molecule has 5 nitrogen and oxygen atoms in total. The molecule has 1 saturated heterocycles. The largest absolute Gasteiger partial charge is 0.481 e. The smallest absolute Gasteiger partial charge is 0.310 e. The number of likely N-dealkylation sites (tertiary alicyclic amines) is 1. The average molecular weight is 284 g/mol. The second-order valence-corrected chi connectivity index (χ2v) is 5.82. The minimum Gasteiger partial charge on any atom is -0.481 e. The first kappa shape index (κ1) is 17.0. The van der Waals surface area contributed by atoms with E-state index >= 15 is 0 Å². The van der Waals surface area contributed by atoms with Crippen LogP contribution in [0.3, 0.4) is 0 Å². The summed E-state index contributed by atoms with van der Waals surface area (Å²) in [7, 11) is 0. The minimum absolute atomic E-state index is 0.0829. The third-order valence-electron chi connectivity index (χ3n) is 4.71. The number of hydrogen-bond acceptors (Lipinski definition) is 3. The van der Waals surface area contributed by atoms with E-state index in [1.807, 2.05) is 13.8 Å². The maximum atomic E-state index is 12.0. The average Bonchev–Trinajstić information content (AvgIpc) is 2.90. The van der Waals surface area contributed by atoms with E-state index in [4.69, 9.17) is 0 Å². The highest BCUT2D eigenvalue weighted by molar-refractivity contribution is 5.84. The molecule has 1 heterocycles. The summed E-state index contributed by atoms with van der Waals surface area (Å²) in [6, 6.07) is 0. The summed E-state index contributed by atoms with van der Waals surface area (Å²) in [5, 5.41) is 12.3. The van der Waals surface area contributed by atoms with Crippen LogP contribution in [-0.2, 0) is 9.59 Å². The Labute approximate surface area is 121 Å². The predicted molar refractivity (Wildman–Crippen MR) is 78.5 cm³/mol. The highest BCUT2D eigenvalue weighted by Gasteiger charge is 2.37. The second-order valence-electron chi connectivity index (χ2n) is 5.82. The van der Waals surface area contributed by atoms with Crippen LogP contribution in [0.4, 0.5) is 0 Å². The molecule has 0 aromatic rings. The van der Waals surface area contributed by atoms with Crippen LogP contribution in [0.25, 0.3) is 0 Å². The number of amides is 1. The van der Waals surface area contributed by atoms with Gasteiger partial charge in [-0.2, -0.15) is 0 Å². The second kappa shape index (κ2) is 7.62. The van der Waals surface area contributed by atoms with Crippen LogP contribution in [-0.4, -0.2) is 48.1 Å². The summed E-state index contributed by atoms with van der Waals surface area (Å²) in [6.45, 7) is 9.66. The molecule has 1 aliphatic rings. The fourth-order valence-corrected chi connectivity index (χ4v) is 2.87. The Hall–Kier alpha value is -1.10. The lowest BCUT2D eigenvalue weighted by atomic mass is 9.79. The van der Waals surface area contributed by atoms with Gasteiger partial charge in [-0.15, -0.1) is 0 Å². The van der Waals surface area contributed by atoms with Gasteiger partial charge in [0.2, 0.25) is 5.91 Å². The topological polar surface area (TPSA) is 69.6 Å². The van der Waals surface area contributed by atoms with Crippen molar-refractivity contribution in [2.45, 2.75) is 46.5 Å². The number of carbonyl (C=O) groups is 2. The van der Waals surface area contributed by atoms with Crippen molar-refractivity contribution in [2.75, 3.05) is 26.2 Å². The molecule has 0 aliphatic carbocycles. The van der Waals surface area contributed by atoms with E-state index in [9.17, 15) is 14.7 Å². The number of carbonyl (C=O) groups excluding carboxylic acids is 1. The normalized spacial score (nSPS) is 20.1. The van der Waals surface area contributed by atoms with Gasteiger partial charge in [0.05, 0.1) is 5.41 Å². The molecule has 1 unspecified atom stereocenters. The fourth-order valence-electron chi connectivity index (χ4n) is 2.87. The standard InChI is InChI=1S/C15H28N2O3/c1-4-15(5-2,14(19)20)9-13(18)16-10-12-7-8-17(6-3)11-12/h12H,4-11H2,1-3H3,(H,16,18)(H,19,20). The number of nitrogens with zero attached hydrogens (tertiary/aromatic N) is 1. The van der Waals surface area contributed by atoms with Gasteiger partial charge >= 0.3 is 5.97 Å². The molecule has 0 saturated carbocycles. The summed E-state index contributed by atoms with van der Waals surface area (Å²) >= 11 is 0. The number of hydrogen-bond donors (Lipinski definition) is 2. The molecule has 0 aromatic heterocycles. The van der Waals surface area contributed by atoms with E-state index in [2.05, 4.69) is 17.1 Å². The molecular weight excluding hydrogens is 256 g/mol. The van der Waals surface area contributed by atoms with Crippen LogP contribution in [0.5, 0.6) is 0 Å². The molecular formula is C15H28N2O3. The van der Waals surface area contributed by atoms with E-state index in [0.717, 1.165) is 26.1 Å². The summed E-state index contributed by atoms with van der Waals surface area (Å²) in [5.41, 5.74) is -0.908. The number of nitrogens with one attached hydrogen (secondary N) is 1. The van der Waals surface area contributed by atoms with Crippen LogP contribution in [0.15, 0.2) is 0 Å². The lowest BCUT2D eigenvalue weighted by Gasteiger charge is -2.26. The lowest BCUT2D eigenvalue weighted by molar-refractivity contribution is -0.152. The van der Waals surface area contributed by atoms with E-state index in [0.29, 0.717) is 25.3 Å². The molecule has 0 radical (unpaired) electrons. The monoisotopic (exact) mass is 284 g/mol. The molecule has 2 N–H and O–H groups in total. The highest BCUT2D eigenvalue weighted by atomic mass is 16.4. The van der Waals surface area contributed by atoms with Gasteiger partial charge in [-0.1, -0.05) is 20.8 Å². The number of rotatable bonds is 8. The Morgan fingerprint density at radius 3 is 2.40 bits per heavy atom. The van der Waals surface area contributed by atoms with Gasteiger partial charge in [-0.25, -0.2) is 0 Å². The number of carboxylic acid groups (broad SMARTS) is 1. The summed E-state index contributed by atoms with van der Waals surface area (Å²) < 4.78 is 0. The third kappa shape index (κ3) is 4.20. The SMILES string of the molecule is CCN1CCC(CNC(=O)CC(CC)(CC)C(=O)O)C1. The zero-order valence-electron chi connectivity index (χ0n) is 12.9. The molecule has 20 heavy (non-hydrogen) atoms. The van der Waals surface area contributed by atoms with Crippen molar-refractivity contribution in [2.24, 2.45) is 11.3 Å². The van der Waals surface area contributed by atoms with Gasteiger partial charge in [0.15, 0.2) is 0 Å². The van der Waals surface area contributed by atoms with E-state index in [1.54, 1.807) is 0 Å². The highest BCUT2D eigenvalue weighted by Crippen LogP contribution is 2.30. The van der Waals surface area contributed by atoms with E-state index < -0.39 is 11.4 Å². The Kier molecular flexibility index (Phi) is 6.46. The summed E-state index contributed by atoms with van der Waals surface area (Å²) in [6.07, 6.45) is 2.16. The van der Waals surface area contributed by atoms with Crippen molar-refractivity contribution in [1.82, 2.24) is 10.2 Å². The first-order valence-corrected chi connectivity index (χ1v) is 7.69. The van der Waals surface area contributed by atoms with Crippen molar-refractivity contribution in [3.05, 3.63) is 0 Å². The molecule has 0 spiro atoms. The van der Waals surface area contributed by atoms with Crippen LogP contribution in [0, 0.1) is 11.3 Å². The van der Waals surface area contributed by atoms with Crippen molar-refractivity contribution < 1.29 is 14.7 Å². The zero-order valence-corrected chi connectivity index (χ0v) is 12.9. The number of aliphatic carboxylic acids is 1. The van der Waals surface area contributed by atoms with Crippen LogP contribution < -0.4 is 5.32 Å².